The topological polar surface area (TPSA) is 178 Å². The maximum absolute atomic E-state index is 12.8. The quantitative estimate of drug-likeness (QED) is 0.0202. The molecule has 4 N–H and O–H groups in total. The van der Waals surface area contributed by atoms with E-state index in [1.807, 2.05) is 0 Å². The maximum Gasteiger partial charge on any atom is 0.397 e. The highest BCUT2D eigenvalue weighted by Crippen LogP contribution is 2.26. The Bertz CT molecular complexity index is 1030. The summed E-state index contributed by atoms with van der Waals surface area (Å²) in [5, 5.41) is 30.6. The smallest absolute Gasteiger partial charge is 0.397 e. The zero-order valence-electron chi connectivity index (χ0n) is 34.5. The van der Waals surface area contributed by atoms with Gasteiger partial charge in [-0.05, 0) is 38.5 Å². The van der Waals surface area contributed by atoms with E-state index in [0.29, 0.717) is 13.0 Å². The summed E-state index contributed by atoms with van der Waals surface area (Å²) in [7, 11) is -5.06. The maximum atomic E-state index is 12.8. The van der Waals surface area contributed by atoms with E-state index < -0.39 is 59.8 Å². The van der Waals surface area contributed by atoms with Crippen LogP contribution in [0.25, 0.3) is 0 Å². The molecule has 0 aromatic heterocycles. The Morgan fingerprint density at radius 1 is 0.673 bits per heavy atom. The van der Waals surface area contributed by atoms with E-state index in [9.17, 15) is 28.5 Å². The van der Waals surface area contributed by atoms with Crippen LogP contribution in [-0.4, -0.2) is 97.5 Å². The van der Waals surface area contributed by atoms with Gasteiger partial charge in [0.25, 0.3) is 0 Å². The molecule has 1 heterocycles. The number of allylic oxidation sites excluding steroid dienone is 2. The molecule has 0 saturated carbocycles. The third kappa shape index (κ3) is 28.8. The summed E-state index contributed by atoms with van der Waals surface area (Å²) in [6.45, 7) is 3.98. The normalized spacial score (nSPS) is 21.0. The lowest BCUT2D eigenvalue weighted by Gasteiger charge is -2.41. The molecule has 1 rings (SSSR count). The van der Waals surface area contributed by atoms with Crippen LogP contribution in [0.15, 0.2) is 12.2 Å². The van der Waals surface area contributed by atoms with Crippen molar-refractivity contribution in [3.63, 3.8) is 0 Å². The summed E-state index contributed by atoms with van der Waals surface area (Å²) >= 11 is 0. The molecule has 55 heavy (non-hydrogen) atoms. The molecule has 12 nitrogen and oxygen atoms in total. The van der Waals surface area contributed by atoms with Crippen LogP contribution >= 0.6 is 0 Å². The van der Waals surface area contributed by atoms with Gasteiger partial charge < -0.3 is 34.3 Å². The molecule has 1 fully saturated rings. The zero-order chi connectivity index (χ0) is 40.4. The van der Waals surface area contributed by atoms with E-state index >= 15 is 0 Å². The fourth-order valence-electron chi connectivity index (χ4n) is 6.78. The summed E-state index contributed by atoms with van der Waals surface area (Å²) in [6.07, 6.45) is 26.7. The van der Waals surface area contributed by atoms with E-state index in [1.165, 1.54) is 116 Å². The van der Waals surface area contributed by atoms with Crippen molar-refractivity contribution in [1.82, 2.24) is 0 Å². The van der Waals surface area contributed by atoms with E-state index in [1.54, 1.807) is 0 Å². The van der Waals surface area contributed by atoms with Gasteiger partial charge in [-0.2, -0.15) is 8.42 Å². The third-order valence-corrected chi connectivity index (χ3v) is 10.6. The summed E-state index contributed by atoms with van der Waals surface area (Å²) in [4.78, 5) is 12.8. The van der Waals surface area contributed by atoms with Gasteiger partial charge in [-0.1, -0.05) is 154 Å². The SMILES string of the molecule is CCCCCCC/C=C\CCCCCCCCOCC(COC1OC(CO)C(O)C(OS(=O)(=O)O)C1O)OC(=O)CCCCCCCCCCCCCCC. The lowest BCUT2D eigenvalue weighted by molar-refractivity contribution is -0.301. The fraction of sp³-hybridized carbons (Fsp3) is 0.929. The minimum absolute atomic E-state index is 0.0368. The first kappa shape index (κ1) is 51.9. The second kappa shape index (κ2) is 34.8. The number of hydrogen-bond acceptors (Lipinski definition) is 11. The third-order valence-electron chi connectivity index (χ3n) is 10.1. The van der Waals surface area contributed by atoms with Gasteiger partial charge in [0.05, 0.1) is 19.8 Å². The molecular weight excluding hydrogens is 729 g/mol. The Kier molecular flexibility index (Phi) is 32.9. The van der Waals surface area contributed by atoms with Gasteiger partial charge in [-0.3, -0.25) is 9.35 Å². The molecule has 326 valence electrons. The first-order valence-corrected chi connectivity index (χ1v) is 23.3. The molecule has 6 unspecified atom stereocenters. The molecule has 1 saturated heterocycles. The number of hydrogen-bond donors (Lipinski definition) is 4. The fourth-order valence-corrected chi connectivity index (χ4v) is 7.29. The summed E-state index contributed by atoms with van der Waals surface area (Å²) < 4.78 is 59.0. The second-order valence-corrected chi connectivity index (χ2v) is 16.3. The number of carbonyl (C=O) groups excluding carboxylic acids is 1. The van der Waals surface area contributed by atoms with E-state index in [2.05, 4.69) is 30.2 Å². The molecule has 0 aromatic rings. The van der Waals surface area contributed by atoms with Crippen LogP contribution in [0, 0.1) is 0 Å². The highest BCUT2D eigenvalue weighted by atomic mass is 32.3. The van der Waals surface area contributed by atoms with Crippen LogP contribution in [0.2, 0.25) is 0 Å². The first-order chi connectivity index (χ1) is 26.6. The number of rotatable bonds is 38. The van der Waals surface area contributed by atoms with Crippen molar-refractivity contribution in [3.8, 4) is 0 Å². The largest absolute Gasteiger partial charge is 0.457 e. The van der Waals surface area contributed by atoms with Crippen LogP contribution in [0.1, 0.15) is 187 Å². The number of aliphatic hydroxyl groups is 3. The van der Waals surface area contributed by atoms with Gasteiger partial charge in [0.15, 0.2) is 6.29 Å². The van der Waals surface area contributed by atoms with Gasteiger partial charge >= 0.3 is 16.4 Å². The lowest BCUT2D eigenvalue weighted by atomic mass is 9.99. The Labute approximate surface area is 334 Å². The minimum Gasteiger partial charge on any atom is -0.457 e. The van der Waals surface area contributed by atoms with Crippen molar-refractivity contribution >= 4 is 16.4 Å². The average Bonchev–Trinajstić information content (AvgIpc) is 3.15. The molecule has 0 aliphatic carbocycles. The van der Waals surface area contributed by atoms with Gasteiger partial charge in [0.1, 0.15) is 30.5 Å². The summed E-state index contributed by atoms with van der Waals surface area (Å²) in [5.41, 5.74) is 0. The van der Waals surface area contributed by atoms with Crippen LogP contribution in [0.4, 0.5) is 0 Å². The van der Waals surface area contributed by atoms with Crippen molar-refractivity contribution < 1.29 is 56.2 Å². The molecule has 0 bridgehead atoms. The standard InChI is InChI=1S/C42H80O12S/c1-3-5-7-9-11-13-15-17-18-20-22-24-26-28-30-32-50-34-36(35-51-42-40(46)41(54-55(47,48)49)39(45)37(33-43)53-42)52-38(44)31-29-27-25-23-21-19-16-14-12-10-8-6-4-2/h15,17,36-37,39-43,45-46H,3-14,16,18-35H2,1-2H3,(H,47,48,49)/b17-15-. The van der Waals surface area contributed by atoms with Gasteiger partial charge in [0, 0.05) is 13.0 Å². The number of unbranched alkanes of at least 4 members (excludes halogenated alkanes) is 23. The predicted octanol–water partition coefficient (Wildman–Crippen LogP) is 8.69. The Morgan fingerprint density at radius 3 is 1.64 bits per heavy atom. The Balaban J connectivity index is 2.45. The molecule has 6 atom stereocenters. The van der Waals surface area contributed by atoms with E-state index in [-0.39, 0.29) is 19.6 Å². The Hall–Kier alpha value is -1.16. The molecule has 1 aliphatic heterocycles. The monoisotopic (exact) mass is 809 g/mol. The molecule has 0 spiro atoms. The first-order valence-electron chi connectivity index (χ1n) is 21.9. The van der Waals surface area contributed by atoms with Crippen molar-refractivity contribution in [3.05, 3.63) is 12.2 Å². The van der Waals surface area contributed by atoms with Gasteiger partial charge in [-0.15, -0.1) is 0 Å². The number of aliphatic hydroxyl groups excluding tert-OH is 3. The van der Waals surface area contributed by atoms with Crippen LogP contribution in [0.3, 0.4) is 0 Å². The highest BCUT2D eigenvalue weighted by molar-refractivity contribution is 7.80. The van der Waals surface area contributed by atoms with Gasteiger partial charge in [-0.25, -0.2) is 4.18 Å². The zero-order valence-corrected chi connectivity index (χ0v) is 35.3. The minimum atomic E-state index is -5.06. The predicted molar refractivity (Wildman–Crippen MR) is 216 cm³/mol. The van der Waals surface area contributed by atoms with Crippen molar-refractivity contribution in [2.24, 2.45) is 0 Å². The van der Waals surface area contributed by atoms with Crippen LogP contribution in [-0.2, 0) is 38.3 Å². The number of esters is 1. The molecular formula is C42H80O12S. The Morgan fingerprint density at radius 2 is 1.15 bits per heavy atom. The van der Waals surface area contributed by atoms with E-state index in [4.69, 9.17) is 23.5 Å². The molecule has 0 radical (unpaired) electrons. The van der Waals surface area contributed by atoms with Crippen molar-refractivity contribution in [1.29, 1.82) is 0 Å². The molecule has 1 aliphatic rings. The average molecular weight is 809 g/mol. The number of ether oxygens (including phenoxy) is 4. The molecule has 13 heteroatoms. The second-order valence-electron chi connectivity index (χ2n) is 15.3. The highest BCUT2D eigenvalue weighted by Gasteiger charge is 2.48. The van der Waals surface area contributed by atoms with Gasteiger partial charge in [0.2, 0.25) is 0 Å². The van der Waals surface area contributed by atoms with Crippen molar-refractivity contribution in [2.45, 2.75) is 224 Å². The van der Waals surface area contributed by atoms with E-state index in [0.717, 1.165) is 44.9 Å². The summed E-state index contributed by atoms with van der Waals surface area (Å²) in [6, 6.07) is 0. The lowest BCUT2D eigenvalue weighted by Crippen LogP contribution is -2.60. The van der Waals surface area contributed by atoms with Crippen LogP contribution < -0.4 is 0 Å². The van der Waals surface area contributed by atoms with Crippen molar-refractivity contribution in [2.75, 3.05) is 26.4 Å². The van der Waals surface area contributed by atoms with Crippen LogP contribution in [0.5, 0.6) is 0 Å². The molecule has 0 aromatic carbocycles. The number of carbonyl (C=O) groups is 1. The molecule has 0 amide bonds. The summed E-state index contributed by atoms with van der Waals surface area (Å²) in [5.74, 6) is -0.400.